The van der Waals surface area contributed by atoms with Gasteiger partial charge in [0.1, 0.15) is 5.56 Å². The molecule has 0 amide bonds. The summed E-state index contributed by atoms with van der Waals surface area (Å²) in [5.74, 6) is -0.968. The quantitative estimate of drug-likeness (QED) is 0.850. The van der Waals surface area contributed by atoms with Gasteiger partial charge in [-0.1, -0.05) is 30.3 Å². The van der Waals surface area contributed by atoms with Gasteiger partial charge in [-0.3, -0.25) is 4.98 Å². The lowest BCUT2D eigenvalue weighted by molar-refractivity contribution is 0.0697. The van der Waals surface area contributed by atoms with E-state index in [1.54, 1.807) is 12.3 Å². The molecule has 0 saturated carbocycles. The summed E-state index contributed by atoms with van der Waals surface area (Å²) in [4.78, 5) is 15.1. The molecule has 4 heteroatoms. The van der Waals surface area contributed by atoms with Gasteiger partial charge in [0.2, 0.25) is 0 Å². The van der Waals surface area contributed by atoms with Crippen LogP contribution in [-0.4, -0.2) is 21.6 Å². The van der Waals surface area contributed by atoms with Crippen molar-refractivity contribution in [1.29, 1.82) is 0 Å². The first-order chi connectivity index (χ1) is 9.98. The Labute approximate surface area is 124 Å². The third-order valence-corrected chi connectivity index (χ3v) is 3.41. The summed E-state index contributed by atoms with van der Waals surface area (Å²) in [5, 5.41) is 12.5. The normalized spacial score (nSPS) is 11.1. The van der Waals surface area contributed by atoms with Gasteiger partial charge in [0.25, 0.3) is 0 Å². The summed E-state index contributed by atoms with van der Waals surface area (Å²) in [6, 6.07) is 12.0. The highest BCUT2D eigenvalue weighted by molar-refractivity contribution is 5.93. The number of nitrogens with one attached hydrogen (secondary N) is 1. The number of benzene rings is 1. The summed E-state index contributed by atoms with van der Waals surface area (Å²) in [6.07, 6.45) is 4.81. The van der Waals surface area contributed by atoms with Gasteiger partial charge >= 0.3 is 5.97 Å². The van der Waals surface area contributed by atoms with Crippen molar-refractivity contribution in [3.05, 3.63) is 59.9 Å². The van der Waals surface area contributed by atoms with Crippen molar-refractivity contribution >= 4 is 11.7 Å². The van der Waals surface area contributed by atoms with Crippen LogP contribution >= 0.6 is 0 Å². The molecule has 1 aromatic carbocycles. The SMILES string of the molecule is CC(C)(CCc1ccccc1)Nc1ccncc1C(=O)O. The summed E-state index contributed by atoms with van der Waals surface area (Å²) in [5.41, 5.74) is 1.88. The second kappa shape index (κ2) is 6.39. The number of carbonyl (C=O) groups is 1. The highest BCUT2D eigenvalue weighted by Gasteiger charge is 2.20. The number of hydrogen-bond donors (Lipinski definition) is 2. The summed E-state index contributed by atoms with van der Waals surface area (Å²) >= 11 is 0. The fraction of sp³-hybridized carbons (Fsp3) is 0.294. The standard InChI is InChI=1S/C17H20N2O2/c1-17(2,10-8-13-6-4-3-5-7-13)19-15-9-11-18-12-14(15)16(20)21/h3-7,9,11-12H,8,10H2,1-2H3,(H,18,19)(H,20,21). The molecule has 0 fully saturated rings. The van der Waals surface area contributed by atoms with Crippen LogP contribution in [0.2, 0.25) is 0 Å². The first-order valence-electron chi connectivity index (χ1n) is 6.97. The average molecular weight is 284 g/mol. The highest BCUT2D eigenvalue weighted by atomic mass is 16.4. The predicted molar refractivity (Wildman–Crippen MR) is 83.7 cm³/mol. The number of aromatic carboxylic acids is 1. The van der Waals surface area contributed by atoms with Crippen molar-refractivity contribution in [2.45, 2.75) is 32.2 Å². The number of carboxylic acid groups (broad SMARTS) is 1. The van der Waals surface area contributed by atoms with E-state index >= 15 is 0 Å². The van der Waals surface area contributed by atoms with E-state index in [2.05, 4.69) is 36.3 Å². The molecule has 0 aliphatic heterocycles. The Morgan fingerprint density at radius 3 is 2.62 bits per heavy atom. The molecule has 4 nitrogen and oxygen atoms in total. The maximum absolute atomic E-state index is 11.2. The molecule has 0 unspecified atom stereocenters. The monoisotopic (exact) mass is 284 g/mol. The minimum atomic E-state index is -0.968. The lowest BCUT2D eigenvalue weighted by atomic mass is 9.94. The predicted octanol–water partition coefficient (Wildman–Crippen LogP) is 3.60. The van der Waals surface area contributed by atoms with E-state index in [4.69, 9.17) is 0 Å². The topological polar surface area (TPSA) is 62.2 Å². The molecule has 1 aromatic heterocycles. The van der Waals surface area contributed by atoms with Crippen molar-refractivity contribution < 1.29 is 9.90 Å². The number of carboxylic acids is 1. The van der Waals surface area contributed by atoms with E-state index in [-0.39, 0.29) is 11.1 Å². The zero-order valence-electron chi connectivity index (χ0n) is 12.3. The van der Waals surface area contributed by atoms with Crippen LogP contribution in [0.3, 0.4) is 0 Å². The van der Waals surface area contributed by atoms with Gasteiger partial charge in [0, 0.05) is 17.9 Å². The third kappa shape index (κ3) is 4.31. The first kappa shape index (κ1) is 15.0. The molecule has 2 N–H and O–H groups in total. The van der Waals surface area contributed by atoms with Gasteiger partial charge in [-0.15, -0.1) is 0 Å². The molecule has 21 heavy (non-hydrogen) atoms. The van der Waals surface area contributed by atoms with Gasteiger partial charge in [-0.25, -0.2) is 4.79 Å². The van der Waals surface area contributed by atoms with Crippen LogP contribution in [0.25, 0.3) is 0 Å². The van der Waals surface area contributed by atoms with Crippen LogP contribution < -0.4 is 5.32 Å². The van der Waals surface area contributed by atoms with Gasteiger partial charge in [-0.05, 0) is 38.3 Å². The van der Waals surface area contributed by atoms with Crippen LogP contribution in [0.4, 0.5) is 5.69 Å². The smallest absolute Gasteiger partial charge is 0.339 e. The first-order valence-corrected chi connectivity index (χ1v) is 6.97. The molecule has 0 bridgehead atoms. The number of hydrogen-bond acceptors (Lipinski definition) is 3. The van der Waals surface area contributed by atoms with Crippen molar-refractivity contribution in [3.8, 4) is 0 Å². The number of nitrogens with zero attached hydrogens (tertiary/aromatic N) is 1. The third-order valence-electron chi connectivity index (χ3n) is 3.41. The lowest BCUT2D eigenvalue weighted by Crippen LogP contribution is -2.32. The van der Waals surface area contributed by atoms with E-state index in [9.17, 15) is 9.90 Å². The fourth-order valence-corrected chi connectivity index (χ4v) is 2.20. The number of rotatable bonds is 6. The fourth-order valence-electron chi connectivity index (χ4n) is 2.20. The summed E-state index contributed by atoms with van der Waals surface area (Å²) in [7, 11) is 0. The summed E-state index contributed by atoms with van der Waals surface area (Å²) < 4.78 is 0. The lowest BCUT2D eigenvalue weighted by Gasteiger charge is -2.28. The van der Waals surface area contributed by atoms with Crippen LogP contribution in [-0.2, 0) is 6.42 Å². The Morgan fingerprint density at radius 2 is 1.95 bits per heavy atom. The molecule has 0 saturated heterocycles. The van der Waals surface area contributed by atoms with Crippen molar-refractivity contribution in [2.75, 3.05) is 5.32 Å². The summed E-state index contributed by atoms with van der Waals surface area (Å²) in [6.45, 7) is 4.14. The van der Waals surface area contributed by atoms with Crippen molar-refractivity contribution in [3.63, 3.8) is 0 Å². The van der Waals surface area contributed by atoms with Gasteiger partial charge in [0.05, 0.1) is 5.69 Å². The second-order valence-corrected chi connectivity index (χ2v) is 5.72. The second-order valence-electron chi connectivity index (χ2n) is 5.72. The minimum Gasteiger partial charge on any atom is -0.478 e. The van der Waals surface area contributed by atoms with Crippen molar-refractivity contribution in [1.82, 2.24) is 4.98 Å². The molecule has 0 atom stereocenters. The van der Waals surface area contributed by atoms with Crippen LogP contribution in [0.1, 0.15) is 36.2 Å². The van der Waals surface area contributed by atoms with Crippen LogP contribution in [0.5, 0.6) is 0 Å². The zero-order chi connectivity index (χ0) is 15.3. The maximum Gasteiger partial charge on any atom is 0.339 e. The Balaban J connectivity index is 2.05. The molecule has 1 heterocycles. The van der Waals surface area contributed by atoms with E-state index in [1.165, 1.54) is 11.8 Å². The highest BCUT2D eigenvalue weighted by Crippen LogP contribution is 2.22. The Bertz CT molecular complexity index is 609. The van der Waals surface area contributed by atoms with Gasteiger partial charge in [-0.2, -0.15) is 0 Å². The molecule has 2 aromatic rings. The molecular weight excluding hydrogens is 264 g/mol. The number of anilines is 1. The average Bonchev–Trinajstić information content (AvgIpc) is 2.46. The van der Waals surface area contributed by atoms with E-state index in [0.29, 0.717) is 5.69 Å². The number of pyridine rings is 1. The number of aryl methyl sites for hydroxylation is 1. The van der Waals surface area contributed by atoms with Gasteiger partial charge in [0.15, 0.2) is 0 Å². The zero-order valence-corrected chi connectivity index (χ0v) is 12.3. The van der Waals surface area contributed by atoms with Crippen molar-refractivity contribution in [2.24, 2.45) is 0 Å². The molecule has 0 spiro atoms. The Hall–Kier alpha value is -2.36. The maximum atomic E-state index is 11.2. The number of aromatic nitrogens is 1. The molecule has 2 rings (SSSR count). The molecule has 110 valence electrons. The molecule has 0 aliphatic rings. The van der Waals surface area contributed by atoms with E-state index in [0.717, 1.165) is 12.8 Å². The minimum absolute atomic E-state index is 0.199. The Kier molecular flexibility index (Phi) is 4.58. The molecule has 0 aliphatic carbocycles. The van der Waals surface area contributed by atoms with Crippen LogP contribution in [0.15, 0.2) is 48.8 Å². The van der Waals surface area contributed by atoms with Gasteiger partial charge < -0.3 is 10.4 Å². The molecule has 0 radical (unpaired) electrons. The van der Waals surface area contributed by atoms with E-state index in [1.807, 2.05) is 18.2 Å². The largest absolute Gasteiger partial charge is 0.478 e. The van der Waals surface area contributed by atoms with Crippen LogP contribution in [0, 0.1) is 0 Å². The Morgan fingerprint density at radius 1 is 1.24 bits per heavy atom. The molecular formula is C17H20N2O2. The van der Waals surface area contributed by atoms with E-state index < -0.39 is 5.97 Å².